The van der Waals surface area contributed by atoms with Crippen LogP contribution in [0.5, 0.6) is 0 Å². The first-order chi connectivity index (χ1) is 6.03. The van der Waals surface area contributed by atoms with Crippen LogP contribution in [0.3, 0.4) is 0 Å². The summed E-state index contributed by atoms with van der Waals surface area (Å²) in [5, 5.41) is 2.98. The van der Waals surface area contributed by atoms with Crippen molar-refractivity contribution in [3.63, 3.8) is 0 Å². The molecule has 1 heterocycles. The maximum absolute atomic E-state index is 11.4. The third-order valence-corrected chi connectivity index (χ3v) is 2.64. The van der Waals surface area contributed by atoms with Crippen molar-refractivity contribution in [2.75, 3.05) is 13.2 Å². The lowest BCUT2D eigenvalue weighted by atomic mass is 9.95. The molecule has 1 amide bonds. The summed E-state index contributed by atoms with van der Waals surface area (Å²) in [6, 6.07) is 0. The van der Waals surface area contributed by atoms with Crippen molar-refractivity contribution in [3.05, 3.63) is 0 Å². The first-order valence-corrected chi connectivity index (χ1v) is 5.49. The molecule has 3 nitrogen and oxygen atoms in total. The van der Waals surface area contributed by atoms with Gasteiger partial charge in [-0.1, -0.05) is 15.9 Å². The molecule has 2 unspecified atom stereocenters. The smallest absolute Gasteiger partial charge is 0.233 e. The zero-order valence-corrected chi connectivity index (χ0v) is 9.69. The van der Waals surface area contributed by atoms with Gasteiger partial charge >= 0.3 is 0 Å². The number of nitrogens with one attached hydrogen (secondary N) is 1. The van der Waals surface area contributed by atoms with Crippen molar-refractivity contribution in [2.24, 2.45) is 0 Å². The summed E-state index contributed by atoms with van der Waals surface area (Å²) < 4.78 is 5.34. The monoisotopic (exact) mass is 249 g/mol. The molecule has 0 aromatic rings. The lowest BCUT2D eigenvalue weighted by molar-refractivity contribution is -0.123. The Bertz CT molecular complexity index is 188. The van der Waals surface area contributed by atoms with Gasteiger partial charge in [-0.3, -0.25) is 4.79 Å². The fraction of sp³-hybridized carbons (Fsp3) is 0.889. The van der Waals surface area contributed by atoms with Crippen LogP contribution in [0, 0.1) is 0 Å². The van der Waals surface area contributed by atoms with Crippen LogP contribution in [-0.2, 0) is 9.53 Å². The zero-order valence-electron chi connectivity index (χ0n) is 8.10. The molecule has 0 aromatic carbocycles. The average molecular weight is 250 g/mol. The molecule has 0 aliphatic carbocycles. The van der Waals surface area contributed by atoms with Gasteiger partial charge < -0.3 is 10.1 Å². The van der Waals surface area contributed by atoms with E-state index in [-0.39, 0.29) is 16.3 Å². The molecular formula is C9H16BrNO2. The van der Waals surface area contributed by atoms with Crippen molar-refractivity contribution in [1.82, 2.24) is 5.32 Å². The van der Waals surface area contributed by atoms with E-state index >= 15 is 0 Å². The molecule has 1 fully saturated rings. The van der Waals surface area contributed by atoms with Gasteiger partial charge in [0.25, 0.3) is 0 Å². The van der Waals surface area contributed by atoms with Gasteiger partial charge in [0, 0.05) is 6.61 Å². The Morgan fingerprint density at radius 2 is 2.38 bits per heavy atom. The maximum atomic E-state index is 11.4. The van der Waals surface area contributed by atoms with Gasteiger partial charge in [0.15, 0.2) is 0 Å². The van der Waals surface area contributed by atoms with Gasteiger partial charge in [0.1, 0.15) is 0 Å². The molecule has 0 saturated carbocycles. The largest absolute Gasteiger partial charge is 0.379 e. The zero-order chi connectivity index (χ0) is 9.90. The summed E-state index contributed by atoms with van der Waals surface area (Å²) in [6.45, 7) is 5.29. The molecule has 0 spiro atoms. The van der Waals surface area contributed by atoms with Gasteiger partial charge in [0.05, 0.1) is 17.0 Å². The highest BCUT2D eigenvalue weighted by molar-refractivity contribution is 9.10. The van der Waals surface area contributed by atoms with E-state index in [9.17, 15) is 4.79 Å². The van der Waals surface area contributed by atoms with Gasteiger partial charge in [-0.25, -0.2) is 0 Å². The maximum Gasteiger partial charge on any atom is 0.233 e. The summed E-state index contributed by atoms with van der Waals surface area (Å²) in [4.78, 5) is 11.3. The minimum Gasteiger partial charge on any atom is -0.379 e. The van der Waals surface area contributed by atoms with Crippen LogP contribution in [0.15, 0.2) is 0 Å². The van der Waals surface area contributed by atoms with Crippen LogP contribution in [0.2, 0.25) is 0 Å². The topological polar surface area (TPSA) is 38.3 Å². The van der Waals surface area contributed by atoms with Crippen molar-refractivity contribution in [1.29, 1.82) is 0 Å². The first-order valence-electron chi connectivity index (χ1n) is 4.57. The lowest BCUT2D eigenvalue weighted by Crippen LogP contribution is -2.53. The number of carbonyl (C=O) groups is 1. The van der Waals surface area contributed by atoms with Crippen molar-refractivity contribution in [2.45, 2.75) is 37.1 Å². The SMILES string of the molecule is CC(Br)C(=O)NC1(C)CCCOC1. The third-order valence-electron chi connectivity index (χ3n) is 2.22. The summed E-state index contributed by atoms with van der Waals surface area (Å²) in [5.41, 5.74) is -0.169. The molecule has 1 rings (SSSR count). The molecule has 1 aliphatic rings. The highest BCUT2D eigenvalue weighted by atomic mass is 79.9. The molecule has 1 N–H and O–H groups in total. The van der Waals surface area contributed by atoms with E-state index in [1.807, 2.05) is 13.8 Å². The second-order valence-electron chi connectivity index (χ2n) is 3.82. The third kappa shape index (κ3) is 3.27. The molecule has 4 heteroatoms. The Morgan fingerprint density at radius 3 is 2.85 bits per heavy atom. The molecular weight excluding hydrogens is 234 g/mol. The van der Waals surface area contributed by atoms with E-state index in [4.69, 9.17) is 4.74 Å². The van der Waals surface area contributed by atoms with Crippen LogP contribution in [0.1, 0.15) is 26.7 Å². The van der Waals surface area contributed by atoms with Crippen LogP contribution in [0.25, 0.3) is 0 Å². The molecule has 2 atom stereocenters. The Kier molecular flexibility index (Phi) is 3.74. The standard InChI is InChI=1S/C9H16BrNO2/c1-7(10)8(12)11-9(2)4-3-5-13-6-9/h7H,3-6H2,1-2H3,(H,11,12). The Morgan fingerprint density at radius 1 is 1.69 bits per heavy atom. The quantitative estimate of drug-likeness (QED) is 0.753. The number of halogens is 1. The van der Waals surface area contributed by atoms with E-state index in [0.717, 1.165) is 19.4 Å². The fourth-order valence-electron chi connectivity index (χ4n) is 1.43. The van der Waals surface area contributed by atoms with Crippen LogP contribution < -0.4 is 5.32 Å². The number of amides is 1. The molecule has 76 valence electrons. The van der Waals surface area contributed by atoms with Gasteiger partial charge in [0.2, 0.25) is 5.91 Å². The van der Waals surface area contributed by atoms with Crippen LogP contribution >= 0.6 is 15.9 Å². The van der Waals surface area contributed by atoms with E-state index in [2.05, 4.69) is 21.2 Å². The number of hydrogen-bond acceptors (Lipinski definition) is 2. The molecule has 0 bridgehead atoms. The molecule has 0 aromatic heterocycles. The second kappa shape index (κ2) is 4.42. The summed E-state index contributed by atoms with van der Waals surface area (Å²) >= 11 is 3.24. The van der Waals surface area contributed by atoms with Gasteiger partial charge in [-0.05, 0) is 26.7 Å². The number of alkyl halides is 1. The van der Waals surface area contributed by atoms with Gasteiger partial charge in [-0.2, -0.15) is 0 Å². The van der Waals surface area contributed by atoms with Crippen LogP contribution in [-0.4, -0.2) is 29.5 Å². The molecule has 13 heavy (non-hydrogen) atoms. The predicted molar refractivity (Wildman–Crippen MR) is 55.0 cm³/mol. The normalized spacial score (nSPS) is 31.0. The first kappa shape index (κ1) is 11.0. The van der Waals surface area contributed by atoms with E-state index in [0.29, 0.717) is 6.61 Å². The Hall–Kier alpha value is -0.0900. The van der Waals surface area contributed by atoms with E-state index in [1.165, 1.54) is 0 Å². The van der Waals surface area contributed by atoms with Crippen LogP contribution in [0.4, 0.5) is 0 Å². The molecule has 1 aliphatic heterocycles. The molecule has 1 saturated heterocycles. The van der Waals surface area contributed by atoms with Crippen molar-refractivity contribution >= 4 is 21.8 Å². The number of ether oxygens (including phenoxy) is 1. The summed E-state index contributed by atoms with van der Waals surface area (Å²) in [5.74, 6) is 0.0352. The minimum absolute atomic E-state index is 0.0352. The van der Waals surface area contributed by atoms with E-state index < -0.39 is 0 Å². The highest BCUT2D eigenvalue weighted by Gasteiger charge is 2.29. The lowest BCUT2D eigenvalue weighted by Gasteiger charge is -2.34. The Balaban J connectivity index is 2.45. The van der Waals surface area contributed by atoms with Crippen molar-refractivity contribution < 1.29 is 9.53 Å². The number of hydrogen-bond donors (Lipinski definition) is 1. The highest BCUT2D eigenvalue weighted by Crippen LogP contribution is 2.18. The molecule has 0 radical (unpaired) electrons. The average Bonchev–Trinajstić information content (AvgIpc) is 2.04. The summed E-state index contributed by atoms with van der Waals surface area (Å²) in [6.07, 6.45) is 2.02. The summed E-state index contributed by atoms with van der Waals surface area (Å²) in [7, 11) is 0. The number of rotatable bonds is 2. The van der Waals surface area contributed by atoms with Crippen molar-refractivity contribution in [3.8, 4) is 0 Å². The fourth-order valence-corrected chi connectivity index (χ4v) is 1.54. The van der Waals surface area contributed by atoms with Gasteiger partial charge in [-0.15, -0.1) is 0 Å². The second-order valence-corrected chi connectivity index (χ2v) is 5.20. The Labute approximate surface area is 87.3 Å². The minimum atomic E-state index is -0.169. The predicted octanol–water partition coefficient (Wildman–Crippen LogP) is 1.46. The van der Waals surface area contributed by atoms with E-state index in [1.54, 1.807) is 0 Å². The number of carbonyl (C=O) groups excluding carboxylic acids is 1.